The van der Waals surface area contributed by atoms with Gasteiger partial charge in [0, 0.05) is 19.2 Å². The molecule has 0 aliphatic carbocycles. The summed E-state index contributed by atoms with van der Waals surface area (Å²) in [5.41, 5.74) is 2.05. The van der Waals surface area contributed by atoms with E-state index in [0.29, 0.717) is 19.6 Å². The van der Waals surface area contributed by atoms with Crippen molar-refractivity contribution in [2.75, 3.05) is 13.2 Å². The minimum absolute atomic E-state index is 0.0778. The number of aliphatic hydroxyl groups is 1. The van der Waals surface area contributed by atoms with Gasteiger partial charge < -0.3 is 15.2 Å². The second-order valence-corrected chi connectivity index (χ2v) is 5.04. The Bertz CT molecular complexity index is 621. The third kappa shape index (κ3) is 6.36. The van der Waals surface area contributed by atoms with Crippen LogP contribution < -0.4 is 10.1 Å². The summed E-state index contributed by atoms with van der Waals surface area (Å²) in [6, 6.07) is 17.5. The van der Waals surface area contributed by atoms with Crippen molar-refractivity contribution in [3.8, 4) is 5.75 Å². The molecule has 0 atom stereocenters. The first-order valence-corrected chi connectivity index (χ1v) is 7.61. The Morgan fingerprint density at radius 2 is 1.83 bits per heavy atom. The summed E-state index contributed by atoms with van der Waals surface area (Å²) in [5, 5.41) is 11.3. The Morgan fingerprint density at radius 3 is 2.52 bits per heavy atom. The zero-order valence-electron chi connectivity index (χ0n) is 12.9. The van der Waals surface area contributed by atoms with Gasteiger partial charge in [-0.1, -0.05) is 42.5 Å². The molecule has 0 saturated carbocycles. The van der Waals surface area contributed by atoms with E-state index < -0.39 is 0 Å². The predicted molar refractivity (Wildman–Crippen MR) is 91.0 cm³/mol. The number of ether oxygens (including phenoxy) is 1. The molecule has 0 aliphatic rings. The van der Waals surface area contributed by atoms with Crippen LogP contribution in [-0.4, -0.2) is 24.2 Å². The van der Waals surface area contributed by atoms with Crippen LogP contribution in [0.3, 0.4) is 0 Å². The molecule has 0 aliphatic heterocycles. The molecule has 2 aromatic carbocycles. The molecule has 2 aromatic rings. The molecule has 0 saturated heterocycles. The van der Waals surface area contributed by atoms with Crippen molar-refractivity contribution in [1.82, 2.24) is 5.32 Å². The van der Waals surface area contributed by atoms with E-state index in [1.807, 2.05) is 54.6 Å². The van der Waals surface area contributed by atoms with Crippen LogP contribution in [0.15, 0.2) is 60.7 Å². The van der Waals surface area contributed by atoms with Crippen LogP contribution in [0.1, 0.15) is 17.5 Å². The van der Waals surface area contributed by atoms with Crippen LogP contribution in [0.5, 0.6) is 5.75 Å². The van der Waals surface area contributed by atoms with Gasteiger partial charge in [-0.3, -0.25) is 4.79 Å². The number of carbonyl (C=O) groups is 1. The van der Waals surface area contributed by atoms with Gasteiger partial charge in [-0.05, 0) is 35.8 Å². The largest absolute Gasteiger partial charge is 0.489 e. The number of carbonyl (C=O) groups excluding carboxylic acids is 1. The highest BCUT2D eigenvalue weighted by molar-refractivity contribution is 5.91. The minimum atomic E-state index is -0.164. The maximum Gasteiger partial charge on any atom is 0.244 e. The Kier molecular flexibility index (Phi) is 6.88. The number of hydrogen-bond acceptors (Lipinski definition) is 3. The van der Waals surface area contributed by atoms with Crippen LogP contribution in [0.2, 0.25) is 0 Å². The van der Waals surface area contributed by atoms with Crippen molar-refractivity contribution in [3.63, 3.8) is 0 Å². The third-order valence-corrected chi connectivity index (χ3v) is 3.19. The van der Waals surface area contributed by atoms with Gasteiger partial charge in [0.25, 0.3) is 0 Å². The second kappa shape index (κ2) is 9.43. The van der Waals surface area contributed by atoms with E-state index in [-0.39, 0.29) is 12.5 Å². The van der Waals surface area contributed by atoms with Gasteiger partial charge in [-0.2, -0.15) is 0 Å². The monoisotopic (exact) mass is 311 g/mol. The number of amides is 1. The van der Waals surface area contributed by atoms with Gasteiger partial charge >= 0.3 is 0 Å². The third-order valence-electron chi connectivity index (χ3n) is 3.19. The standard InChI is InChI=1S/C19H21NO3/c21-14-4-13-20-19(22)12-9-16-7-10-18(11-8-16)23-15-17-5-2-1-3-6-17/h1-3,5-12,21H,4,13-15H2,(H,20,22)/b12-9+. The maximum absolute atomic E-state index is 11.5. The topological polar surface area (TPSA) is 58.6 Å². The molecule has 23 heavy (non-hydrogen) atoms. The van der Waals surface area contributed by atoms with Gasteiger partial charge in [0.05, 0.1) is 0 Å². The molecule has 2 N–H and O–H groups in total. The van der Waals surface area contributed by atoms with Gasteiger partial charge in [0.2, 0.25) is 5.91 Å². The van der Waals surface area contributed by atoms with Crippen LogP contribution in [0.25, 0.3) is 6.08 Å². The van der Waals surface area contributed by atoms with E-state index in [9.17, 15) is 4.79 Å². The van der Waals surface area contributed by atoms with Crippen LogP contribution >= 0.6 is 0 Å². The molecule has 0 spiro atoms. The van der Waals surface area contributed by atoms with Gasteiger partial charge in [0.15, 0.2) is 0 Å². The van der Waals surface area contributed by atoms with Crippen molar-refractivity contribution in [1.29, 1.82) is 0 Å². The molecular formula is C19H21NO3. The molecular weight excluding hydrogens is 290 g/mol. The summed E-state index contributed by atoms with van der Waals surface area (Å²) in [6.45, 7) is 1.09. The number of aliphatic hydroxyl groups excluding tert-OH is 1. The molecule has 0 unspecified atom stereocenters. The number of rotatable bonds is 8. The fourth-order valence-corrected chi connectivity index (χ4v) is 1.94. The van der Waals surface area contributed by atoms with Crippen molar-refractivity contribution < 1.29 is 14.6 Å². The van der Waals surface area contributed by atoms with Gasteiger partial charge in [0.1, 0.15) is 12.4 Å². The molecule has 4 nitrogen and oxygen atoms in total. The molecule has 4 heteroatoms. The van der Waals surface area contributed by atoms with E-state index >= 15 is 0 Å². The maximum atomic E-state index is 11.5. The predicted octanol–water partition coefficient (Wildman–Crippen LogP) is 2.78. The smallest absolute Gasteiger partial charge is 0.244 e. The van der Waals surface area contributed by atoms with Crippen molar-refractivity contribution in [3.05, 3.63) is 71.8 Å². The lowest BCUT2D eigenvalue weighted by Crippen LogP contribution is -2.22. The highest BCUT2D eigenvalue weighted by Crippen LogP contribution is 2.15. The van der Waals surface area contributed by atoms with Crippen molar-refractivity contribution in [2.45, 2.75) is 13.0 Å². The Morgan fingerprint density at radius 1 is 1.09 bits per heavy atom. The Hall–Kier alpha value is -2.59. The fraction of sp³-hybridized carbons (Fsp3) is 0.211. The zero-order valence-corrected chi connectivity index (χ0v) is 12.9. The summed E-state index contributed by atoms with van der Waals surface area (Å²) in [4.78, 5) is 11.5. The van der Waals surface area contributed by atoms with Crippen LogP contribution in [0.4, 0.5) is 0 Å². The molecule has 2 rings (SSSR count). The van der Waals surface area contributed by atoms with Crippen LogP contribution in [-0.2, 0) is 11.4 Å². The van der Waals surface area contributed by atoms with Gasteiger partial charge in [-0.15, -0.1) is 0 Å². The summed E-state index contributed by atoms with van der Waals surface area (Å²) < 4.78 is 5.71. The molecule has 0 radical (unpaired) electrons. The molecule has 0 bridgehead atoms. The minimum Gasteiger partial charge on any atom is -0.489 e. The average Bonchev–Trinajstić information content (AvgIpc) is 2.60. The van der Waals surface area contributed by atoms with E-state index in [0.717, 1.165) is 16.9 Å². The summed E-state index contributed by atoms with van der Waals surface area (Å²) in [5.74, 6) is 0.626. The normalized spacial score (nSPS) is 10.7. The Labute approximate surface area is 136 Å². The first kappa shape index (κ1) is 16.8. The lowest BCUT2D eigenvalue weighted by Gasteiger charge is -2.06. The fourth-order valence-electron chi connectivity index (χ4n) is 1.94. The molecule has 120 valence electrons. The number of nitrogens with one attached hydrogen (secondary N) is 1. The first-order chi connectivity index (χ1) is 11.3. The average molecular weight is 311 g/mol. The highest BCUT2D eigenvalue weighted by Gasteiger charge is 1.97. The molecule has 0 fully saturated rings. The lowest BCUT2D eigenvalue weighted by molar-refractivity contribution is -0.116. The van der Waals surface area contributed by atoms with Gasteiger partial charge in [-0.25, -0.2) is 0 Å². The highest BCUT2D eigenvalue weighted by atomic mass is 16.5. The van der Waals surface area contributed by atoms with E-state index in [1.165, 1.54) is 6.08 Å². The van der Waals surface area contributed by atoms with Crippen molar-refractivity contribution >= 4 is 12.0 Å². The van der Waals surface area contributed by atoms with E-state index in [2.05, 4.69) is 5.32 Å². The first-order valence-electron chi connectivity index (χ1n) is 7.61. The molecule has 0 heterocycles. The number of hydrogen-bond donors (Lipinski definition) is 2. The quantitative estimate of drug-likeness (QED) is 0.582. The van der Waals surface area contributed by atoms with Crippen LogP contribution in [0, 0.1) is 0 Å². The molecule has 0 aromatic heterocycles. The molecule has 1 amide bonds. The summed E-state index contributed by atoms with van der Waals surface area (Å²) >= 11 is 0. The van der Waals surface area contributed by atoms with Crippen molar-refractivity contribution in [2.24, 2.45) is 0 Å². The Balaban J connectivity index is 1.81. The lowest BCUT2D eigenvalue weighted by atomic mass is 10.2. The van der Waals surface area contributed by atoms with E-state index in [4.69, 9.17) is 9.84 Å². The number of benzene rings is 2. The zero-order chi connectivity index (χ0) is 16.3. The van der Waals surface area contributed by atoms with E-state index in [1.54, 1.807) is 6.08 Å². The second-order valence-electron chi connectivity index (χ2n) is 5.04. The summed E-state index contributed by atoms with van der Waals surface area (Å²) in [7, 11) is 0. The SMILES string of the molecule is O=C(/C=C/c1ccc(OCc2ccccc2)cc1)NCCCO. The summed E-state index contributed by atoms with van der Waals surface area (Å²) in [6.07, 6.45) is 3.79.